The van der Waals surface area contributed by atoms with Gasteiger partial charge in [-0.15, -0.1) is 0 Å². The summed E-state index contributed by atoms with van der Waals surface area (Å²) in [6.45, 7) is 3.33. The SMILES string of the molecule is COc1cc(-c2ccc(C#N)cc2)c(-c2cc(C)c(C(C)O)c(F)c2)n2cncc12. The molecule has 4 rings (SSSR count). The van der Waals surface area contributed by atoms with Gasteiger partial charge in [-0.05, 0) is 55.3 Å². The maximum atomic E-state index is 14.9. The van der Waals surface area contributed by atoms with Crippen LogP contribution in [0.15, 0.2) is 55.0 Å². The topological polar surface area (TPSA) is 70.5 Å². The van der Waals surface area contributed by atoms with Crippen molar-refractivity contribution in [1.82, 2.24) is 9.38 Å². The fraction of sp³-hybridized carbons (Fsp3) is 0.167. The summed E-state index contributed by atoms with van der Waals surface area (Å²) in [6, 6.07) is 14.5. The standard InChI is InChI=1S/C24H20FN3O2/c1-14-8-18(9-20(25)23(14)15(2)29)24-19(17-6-4-16(11-26)5-7-17)10-22(30-3)21-12-27-13-28(21)24/h4-10,12-13,15,29H,1-3H3. The van der Waals surface area contributed by atoms with Crippen LogP contribution in [-0.4, -0.2) is 21.6 Å². The van der Waals surface area contributed by atoms with Gasteiger partial charge in [0, 0.05) is 16.7 Å². The molecular weight excluding hydrogens is 381 g/mol. The second-order valence-corrected chi connectivity index (χ2v) is 7.18. The summed E-state index contributed by atoms with van der Waals surface area (Å²) in [5.41, 5.74) is 5.32. The number of aliphatic hydroxyl groups excluding tert-OH is 1. The van der Waals surface area contributed by atoms with Crippen molar-refractivity contribution in [3.8, 4) is 34.2 Å². The largest absolute Gasteiger partial charge is 0.494 e. The third kappa shape index (κ3) is 3.19. The number of nitrogens with zero attached hydrogens (tertiary/aromatic N) is 3. The molecule has 5 nitrogen and oxygen atoms in total. The van der Waals surface area contributed by atoms with Gasteiger partial charge in [0.15, 0.2) is 0 Å². The van der Waals surface area contributed by atoms with E-state index in [4.69, 9.17) is 10.00 Å². The number of hydrogen-bond acceptors (Lipinski definition) is 4. The molecule has 0 aliphatic carbocycles. The van der Waals surface area contributed by atoms with E-state index in [2.05, 4.69) is 11.1 Å². The van der Waals surface area contributed by atoms with E-state index in [-0.39, 0.29) is 5.56 Å². The van der Waals surface area contributed by atoms with Crippen LogP contribution in [0.3, 0.4) is 0 Å². The number of fused-ring (bicyclic) bond motifs is 1. The highest BCUT2D eigenvalue weighted by Crippen LogP contribution is 2.39. The molecule has 0 saturated carbocycles. The van der Waals surface area contributed by atoms with E-state index in [1.165, 1.54) is 6.07 Å². The van der Waals surface area contributed by atoms with Gasteiger partial charge in [0.1, 0.15) is 17.1 Å². The molecule has 0 saturated heterocycles. The van der Waals surface area contributed by atoms with Gasteiger partial charge in [0.25, 0.3) is 0 Å². The molecule has 0 spiro atoms. The van der Waals surface area contributed by atoms with Crippen molar-refractivity contribution in [2.75, 3.05) is 7.11 Å². The second-order valence-electron chi connectivity index (χ2n) is 7.18. The van der Waals surface area contributed by atoms with Crippen molar-refractivity contribution < 1.29 is 14.2 Å². The monoisotopic (exact) mass is 401 g/mol. The van der Waals surface area contributed by atoms with E-state index in [1.807, 2.05) is 28.7 Å². The first-order valence-corrected chi connectivity index (χ1v) is 9.46. The van der Waals surface area contributed by atoms with Gasteiger partial charge >= 0.3 is 0 Å². The second kappa shape index (κ2) is 7.62. The van der Waals surface area contributed by atoms with E-state index in [1.54, 1.807) is 45.6 Å². The number of ether oxygens (including phenoxy) is 1. The Morgan fingerprint density at radius 1 is 1.17 bits per heavy atom. The van der Waals surface area contributed by atoms with Crippen molar-refractivity contribution in [2.45, 2.75) is 20.0 Å². The lowest BCUT2D eigenvalue weighted by atomic mass is 9.94. The lowest BCUT2D eigenvalue weighted by Crippen LogP contribution is -2.03. The van der Waals surface area contributed by atoms with E-state index in [0.29, 0.717) is 22.4 Å². The molecule has 0 fully saturated rings. The van der Waals surface area contributed by atoms with Crippen LogP contribution < -0.4 is 4.74 Å². The Morgan fingerprint density at radius 2 is 1.90 bits per heavy atom. The fourth-order valence-electron chi connectivity index (χ4n) is 3.88. The number of aliphatic hydroxyl groups is 1. The minimum Gasteiger partial charge on any atom is -0.494 e. The maximum Gasteiger partial charge on any atom is 0.145 e. The summed E-state index contributed by atoms with van der Waals surface area (Å²) >= 11 is 0. The van der Waals surface area contributed by atoms with E-state index >= 15 is 0 Å². The molecule has 0 radical (unpaired) electrons. The summed E-state index contributed by atoms with van der Waals surface area (Å²) in [5.74, 6) is 0.170. The first-order chi connectivity index (χ1) is 14.4. The smallest absolute Gasteiger partial charge is 0.145 e. The zero-order valence-electron chi connectivity index (χ0n) is 16.8. The number of pyridine rings is 1. The third-order valence-electron chi connectivity index (χ3n) is 5.23. The number of nitriles is 1. The lowest BCUT2D eigenvalue weighted by Gasteiger charge is -2.18. The van der Waals surface area contributed by atoms with E-state index in [9.17, 15) is 9.50 Å². The number of aryl methyl sites for hydroxylation is 1. The van der Waals surface area contributed by atoms with Crippen LogP contribution >= 0.6 is 0 Å². The molecule has 2 heterocycles. The number of methoxy groups -OCH3 is 1. The number of aromatic nitrogens is 2. The highest BCUT2D eigenvalue weighted by Gasteiger charge is 2.20. The van der Waals surface area contributed by atoms with Crippen LogP contribution in [-0.2, 0) is 0 Å². The van der Waals surface area contributed by atoms with Gasteiger partial charge in [-0.3, -0.25) is 4.40 Å². The van der Waals surface area contributed by atoms with Crippen LogP contribution in [0.4, 0.5) is 4.39 Å². The number of hydrogen-bond donors (Lipinski definition) is 1. The van der Waals surface area contributed by atoms with Gasteiger partial charge in [0.05, 0.1) is 43.1 Å². The number of benzene rings is 2. The minimum atomic E-state index is -0.902. The Balaban J connectivity index is 2.06. The number of rotatable bonds is 4. The lowest BCUT2D eigenvalue weighted by molar-refractivity contribution is 0.193. The molecule has 0 aliphatic rings. The molecule has 30 heavy (non-hydrogen) atoms. The molecule has 1 N–H and O–H groups in total. The van der Waals surface area contributed by atoms with Crippen molar-refractivity contribution in [3.05, 3.63) is 77.5 Å². The van der Waals surface area contributed by atoms with Gasteiger partial charge in [-0.2, -0.15) is 5.26 Å². The molecule has 4 aromatic rings. The average molecular weight is 401 g/mol. The molecule has 2 aromatic carbocycles. The number of halogens is 1. The van der Waals surface area contributed by atoms with Crippen LogP contribution in [0, 0.1) is 24.1 Å². The molecule has 0 aliphatic heterocycles. The predicted molar refractivity (Wildman–Crippen MR) is 113 cm³/mol. The zero-order chi connectivity index (χ0) is 21.4. The minimum absolute atomic E-state index is 0.286. The summed E-state index contributed by atoms with van der Waals surface area (Å²) in [4.78, 5) is 4.26. The Hall–Kier alpha value is -3.69. The highest BCUT2D eigenvalue weighted by molar-refractivity contribution is 5.86. The van der Waals surface area contributed by atoms with Crippen molar-refractivity contribution in [3.63, 3.8) is 0 Å². The summed E-state index contributed by atoms with van der Waals surface area (Å²) < 4.78 is 22.3. The predicted octanol–water partition coefficient (Wildman–Crippen LogP) is 5.05. The van der Waals surface area contributed by atoms with Crippen LogP contribution in [0.1, 0.15) is 29.7 Å². The Bertz CT molecular complexity index is 1260. The Labute approximate surface area is 173 Å². The van der Waals surface area contributed by atoms with Gasteiger partial charge in [-0.25, -0.2) is 9.37 Å². The molecule has 0 bridgehead atoms. The van der Waals surface area contributed by atoms with E-state index < -0.39 is 11.9 Å². The Morgan fingerprint density at radius 3 is 2.50 bits per heavy atom. The molecule has 0 amide bonds. The third-order valence-corrected chi connectivity index (χ3v) is 5.23. The molecule has 150 valence electrons. The van der Waals surface area contributed by atoms with Crippen molar-refractivity contribution in [2.24, 2.45) is 0 Å². The van der Waals surface area contributed by atoms with Crippen LogP contribution in [0.25, 0.3) is 27.9 Å². The van der Waals surface area contributed by atoms with Gasteiger partial charge < -0.3 is 9.84 Å². The summed E-state index contributed by atoms with van der Waals surface area (Å²) in [6.07, 6.45) is 2.45. The van der Waals surface area contributed by atoms with Gasteiger partial charge in [-0.1, -0.05) is 12.1 Å². The van der Waals surface area contributed by atoms with Crippen LogP contribution in [0.5, 0.6) is 5.75 Å². The molecule has 1 atom stereocenters. The molecule has 6 heteroatoms. The first-order valence-electron chi connectivity index (χ1n) is 9.46. The van der Waals surface area contributed by atoms with Crippen LogP contribution in [0.2, 0.25) is 0 Å². The molecule has 2 aromatic heterocycles. The number of imidazole rings is 1. The highest BCUT2D eigenvalue weighted by atomic mass is 19.1. The average Bonchev–Trinajstić information content (AvgIpc) is 3.21. The molecule has 1 unspecified atom stereocenters. The summed E-state index contributed by atoms with van der Waals surface area (Å²) in [5, 5.41) is 19.1. The molecular formula is C24H20FN3O2. The first kappa shape index (κ1) is 19.6. The van der Waals surface area contributed by atoms with Gasteiger partial charge in [0.2, 0.25) is 0 Å². The zero-order valence-corrected chi connectivity index (χ0v) is 16.8. The van der Waals surface area contributed by atoms with Crippen molar-refractivity contribution in [1.29, 1.82) is 5.26 Å². The summed E-state index contributed by atoms with van der Waals surface area (Å²) in [7, 11) is 1.59. The quantitative estimate of drug-likeness (QED) is 0.520. The maximum absolute atomic E-state index is 14.9. The van der Waals surface area contributed by atoms with E-state index in [0.717, 1.165) is 22.3 Å². The fourth-order valence-corrected chi connectivity index (χ4v) is 3.88. The Kier molecular flexibility index (Phi) is 4.98. The normalized spacial score (nSPS) is 12.0. The van der Waals surface area contributed by atoms with Crippen molar-refractivity contribution >= 4 is 5.52 Å².